The van der Waals surface area contributed by atoms with Crippen molar-refractivity contribution in [2.75, 3.05) is 6.61 Å². The zero-order chi connectivity index (χ0) is 12.1. The Balaban J connectivity index is 2.62. The van der Waals surface area contributed by atoms with E-state index >= 15 is 0 Å². The average Bonchev–Trinajstić information content (AvgIpc) is 2.28. The van der Waals surface area contributed by atoms with E-state index in [-0.39, 0.29) is 24.5 Å². The van der Waals surface area contributed by atoms with Crippen LogP contribution in [0.15, 0.2) is 18.3 Å². The number of aliphatic hydroxyl groups is 1. The van der Waals surface area contributed by atoms with Crippen LogP contribution >= 0.6 is 11.6 Å². The highest BCUT2D eigenvalue weighted by molar-refractivity contribution is 6.29. The Bertz CT molecular complexity index is 354. The van der Waals surface area contributed by atoms with Gasteiger partial charge in [-0.25, -0.2) is 4.98 Å². The van der Waals surface area contributed by atoms with Crippen molar-refractivity contribution in [3.05, 3.63) is 29.0 Å². The maximum Gasteiger partial charge on any atom is 0.253 e. The first-order chi connectivity index (χ1) is 7.54. The van der Waals surface area contributed by atoms with Gasteiger partial charge in [0.25, 0.3) is 5.91 Å². The number of hydrogen-bond acceptors (Lipinski definition) is 3. The zero-order valence-electron chi connectivity index (χ0n) is 9.27. The molecule has 2 atom stereocenters. The molecule has 0 spiro atoms. The normalized spacial score (nSPS) is 14.2. The molecule has 2 unspecified atom stereocenters. The van der Waals surface area contributed by atoms with Gasteiger partial charge >= 0.3 is 0 Å². The molecule has 0 saturated heterocycles. The molecule has 0 radical (unpaired) electrons. The minimum Gasteiger partial charge on any atom is -0.396 e. The van der Waals surface area contributed by atoms with E-state index < -0.39 is 0 Å². The van der Waals surface area contributed by atoms with E-state index in [4.69, 9.17) is 16.7 Å². The number of amides is 1. The van der Waals surface area contributed by atoms with Crippen molar-refractivity contribution >= 4 is 17.5 Å². The summed E-state index contributed by atoms with van der Waals surface area (Å²) in [6, 6.07) is 3.09. The van der Waals surface area contributed by atoms with Crippen LogP contribution in [0.3, 0.4) is 0 Å². The molecular formula is C11H15ClN2O2. The van der Waals surface area contributed by atoms with E-state index in [1.54, 1.807) is 12.1 Å². The predicted molar refractivity (Wildman–Crippen MR) is 62.4 cm³/mol. The lowest BCUT2D eigenvalue weighted by Gasteiger charge is -2.19. The molecule has 1 amide bonds. The molecule has 0 aliphatic carbocycles. The third-order valence-corrected chi connectivity index (χ3v) is 2.71. The topological polar surface area (TPSA) is 62.2 Å². The maximum absolute atomic E-state index is 11.7. The van der Waals surface area contributed by atoms with Crippen LogP contribution in [0.25, 0.3) is 0 Å². The summed E-state index contributed by atoms with van der Waals surface area (Å²) in [5.74, 6) is -0.193. The van der Waals surface area contributed by atoms with Crippen LogP contribution in [0.5, 0.6) is 0 Å². The lowest BCUT2D eigenvalue weighted by atomic mass is 10.0. The summed E-state index contributed by atoms with van der Waals surface area (Å²) in [6.45, 7) is 3.76. The van der Waals surface area contributed by atoms with Gasteiger partial charge in [0.05, 0.1) is 5.56 Å². The molecular weight excluding hydrogens is 228 g/mol. The summed E-state index contributed by atoms with van der Waals surface area (Å²) in [5.41, 5.74) is 0.460. The number of pyridine rings is 1. The van der Waals surface area contributed by atoms with Crippen molar-refractivity contribution in [2.45, 2.75) is 19.9 Å². The smallest absolute Gasteiger partial charge is 0.253 e. The summed E-state index contributed by atoms with van der Waals surface area (Å²) < 4.78 is 0. The first-order valence-corrected chi connectivity index (χ1v) is 5.45. The molecule has 0 saturated carbocycles. The van der Waals surface area contributed by atoms with Crippen LogP contribution in [0.4, 0.5) is 0 Å². The van der Waals surface area contributed by atoms with Crippen molar-refractivity contribution in [3.8, 4) is 0 Å². The molecule has 0 aliphatic rings. The van der Waals surface area contributed by atoms with Crippen LogP contribution in [-0.4, -0.2) is 28.6 Å². The number of halogens is 1. The number of carbonyl (C=O) groups is 1. The Morgan fingerprint density at radius 1 is 1.56 bits per heavy atom. The standard InChI is InChI=1S/C11H15ClN2O2/c1-7(6-15)8(2)14-11(16)9-3-4-10(12)13-5-9/h3-5,7-8,15H,6H2,1-2H3,(H,14,16). The molecule has 1 aromatic rings. The third kappa shape index (κ3) is 3.47. The molecule has 5 heteroatoms. The highest BCUT2D eigenvalue weighted by Crippen LogP contribution is 2.07. The zero-order valence-corrected chi connectivity index (χ0v) is 10.0. The van der Waals surface area contributed by atoms with Crippen molar-refractivity contribution < 1.29 is 9.90 Å². The van der Waals surface area contributed by atoms with Crippen LogP contribution in [-0.2, 0) is 0 Å². The number of hydrogen-bond donors (Lipinski definition) is 2. The SMILES string of the molecule is CC(CO)C(C)NC(=O)c1ccc(Cl)nc1. The quantitative estimate of drug-likeness (QED) is 0.787. The van der Waals surface area contributed by atoms with Gasteiger partial charge < -0.3 is 10.4 Å². The first-order valence-electron chi connectivity index (χ1n) is 5.08. The lowest BCUT2D eigenvalue weighted by molar-refractivity contribution is 0.0916. The molecule has 1 heterocycles. The molecule has 4 nitrogen and oxygen atoms in total. The van der Waals surface area contributed by atoms with Crippen LogP contribution in [0.2, 0.25) is 5.15 Å². The van der Waals surface area contributed by atoms with Gasteiger partial charge in [0.1, 0.15) is 5.15 Å². The van der Waals surface area contributed by atoms with E-state index in [1.165, 1.54) is 6.20 Å². The van der Waals surface area contributed by atoms with Crippen molar-refractivity contribution in [2.24, 2.45) is 5.92 Å². The van der Waals surface area contributed by atoms with E-state index in [2.05, 4.69) is 10.3 Å². The van der Waals surface area contributed by atoms with E-state index in [1.807, 2.05) is 13.8 Å². The molecule has 1 aromatic heterocycles. The van der Waals surface area contributed by atoms with Gasteiger partial charge in [-0.05, 0) is 25.0 Å². The Labute approximate surface area is 99.6 Å². The number of carbonyl (C=O) groups excluding carboxylic acids is 1. The fraction of sp³-hybridized carbons (Fsp3) is 0.455. The van der Waals surface area contributed by atoms with Crippen molar-refractivity contribution in [1.29, 1.82) is 0 Å². The molecule has 0 aliphatic heterocycles. The Morgan fingerprint density at radius 3 is 2.75 bits per heavy atom. The van der Waals surface area contributed by atoms with Gasteiger partial charge in [-0.3, -0.25) is 4.79 Å². The molecule has 2 N–H and O–H groups in total. The molecule has 88 valence electrons. The summed E-state index contributed by atoms with van der Waals surface area (Å²) in [5, 5.41) is 12.1. The Hall–Kier alpha value is -1.13. The Morgan fingerprint density at radius 2 is 2.25 bits per heavy atom. The highest BCUT2D eigenvalue weighted by Gasteiger charge is 2.15. The van der Waals surface area contributed by atoms with Gasteiger partial charge in [-0.1, -0.05) is 18.5 Å². The number of aliphatic hydroxyl groups excluding tert-OH is 1. The summed E-state index contributed by atoms with van der Waals surface area (Å²) in [7, 11) is 0. The number of nitrogens with one attached hydrogen (secondary N) is 1. The van der Waals surface area contributed by atoms with Gasteiger partial charge in [0.2, 0.25) is 0 Å². The van der Waals surface area contributed by atoms with Crippen LogP contribution in [0.1, 0.15) is 24.2 Å². The molecule has 0 aromatic carbocycles. The molecule has 1 rings (SSSR count). The fourth-order valence-electron chi connectivity index (χ4n) is 1.10. The van der Waals surface area contributed by atoms with Gasteiger partial charge in [-0.15, -0.1) is 0 Å². The minimum atomic E-state index is -0.211. The number of aromatic nitrogens is 1. The number of rotatable bonds is 4. The highest BCUT2D eigenvalue weighted by atomic mass is 35.5. The summed E-state index contributed by atoms with van der Waals surface area (Å²) in [4.78, 5) is 15.5. The molecule has 0 fully saturated rings. The van der Waals surface area contributed by atoms with Crippen LogP contribution < -0.4 is 5.32 Å². The lowest BCUT2D eigenvalue weighted by Crippen LogP contribution is -2.38. The average molecular weight is 243 g/mol. The van der Waals surface area contributed by atoms with E-state index in [0.717, 1.165) is 0 Å². The first kappa shape index (κ1) is 12.9. The van der Waals surface area contributed by atoms with Crippen LogP contribution in [0, 0.1) is 5.92 Å². The number of nitrogens with zero attached hydrogens (tertiary/aromatic N) is 1. The monoisotopic (exact) mass is 242 g/mol. The summed E-state index contributed by atoms with van der Waals surface area (Å²) >= 11 is 5.62. The maximum atomic E-state index is 11.7. The third-order valence-electron chi connectivity index (χ3n) is 2.49. The van der Waals surface area contributed by atoms with Crippen molar-refractivity contribution in [3.63, 3.8) is 0 Å². The molecule has 0 bridgehead atoms. The van der Waals surface area contributed by atoms with Gasteiger partial charge in [0.15, 0.2) is 0 Å². The summed E-state index contributed by atoms with van der Waals surface area (Å²) in [6.07, 6.45) is 1.42. The fourth-order valence-corrected chi connectivity index (χ4v) is 1.21. The second kappa shape index (κ2) is 5.82. The van der Waals surface area contributed by atoms with E-state index in [9.17, 15) is 4.79 Å². The minimum absolute atomic E-state index is 0.0178. The Kier molecular flexibility index (Phi) is 4.71. The predicted octanol–water partition coefficient (Wildman–Crippen LogP) is 1.48. The second-order valence-electron chi connectivity index (χ2n) is 3.79. The van der Waals surface area contributed by atoms with Crippen molar-refractivity contribution in [1.82, 2.24) is 10.3 Å². The van der Waals surface area contributed by atoms with Gasteiger partial charge in [0, 0.05) is 18.8 Å². The van der Waals surface area contributed by atoms with Gasteiger partial charge in [-0.2, -0.15) is 0 Å². The second-order valence-corrected chi connectivity index (χ2v) is 4.18. The van der Waals surface area contributed by atoms with E-state index in [0.29, 0.717) is 10.7 Å². The largest absolute Gasteiger partial charge is 0.396 e. The molecule has 16 heavy (non-hydrogen) atoms.